The summed E-state index contributed by atoms with van der Waals surface area (Å²) in [4.78, 5) is 0. The highest BCUT2D eigenvalue weighted by molar-refractivity contribution is 5.85. The van der Waals surface area contributed by atoms with E-state index < -0.39 is 11.6 Å². The fourth-order valence-electron chi connectivity index (χ4n) is 1.82. The summed E-state index contributed by atoms with van der Waals surface area (Å²) in [7, 11) is 0. The highest BCUT2D eigenvalue weighted by atomic mass is 35.5. The van der Waals surface area contributed by atoms with E-state index in [2.05, 4.69) is 0 Å². The first-order valence-electron chi connectivity index (χ1n) is 4.89. The van der Waals surface area contributed by atoms with Crippen molar-refractivity contribution in [3.63, 3.8) is 0 Å². The SMILES string of the molecule is Cl.N[C@@H](c1cc(F)ccc1F)C1CCC1. The predicted molar refractivity (Wildman–Crippen MR) is 57.9 cm³/mol. The minimum Gasteiger partial charge on any atom is -0.324 e. The number of hydrogen-bond donors (Lipinski definition) is 1. The van der Waals surface area contributed by atoms with Crippen molar-refractivity contribution >= 4 is 12.4 Å². The summed E-state index contributed by atoms with van der Waals surface area (Å²) in [5.74, 6) is -0.492. The minimum absolute atomic E-state index is 0. The van der Waals surface area contributed by atoms with Crippen molar-refractivity contribution in [2.45, 2.75) is 25.3 Å². The van der Waals surface area contributed by atoms with E-state index in [0.717, 1.165) is 31.4 Å². The Labute approximate surface area is 94.1 Å². The first kappa shape index (κ1) is 12.4. The molecule has 84 valence electrons. The molecule has 2 rings (SSSR count). The molecule has 1 atom stereocenters. The number of halogens is 3. The zero-order valence-electron chi connectivity index (χ0n) is 8.25. The third-order valence-corrected chi connectivity index (χ3v) is 2.97. The van der Waals surface area contributed by atoms with Gasteiger partial charge >= 0.3 is 0 Å². The van der Waals surface area contributed by atoms with Crippen LogP contribution in [0.2, 0.25) is 0 Å². The maximum absolute atomic E-state index is 13.3. The van der Waals surface area contributed by atoms with Gasteiger partial charge in [0.1, 0.15) is 11.6 Å². The van der Waals surface area contributed by atoms with E-state index in [0.29, 0.717) is 11.5 Å². The fraction of sp³-hybridized carbons (Fsp3) is 0.455. The average Bonchev–Trinajstić information content (AvgIpc) is 2.06. The van der Waals surface area contributed by atoms with Gasteiger partial charge in [-0.05, 0) is 37.0 Å². The van der Waals surface area contributed by atoms with E-state index in [4.69, 9.17) is 5.73 Å². The maximum atomic E-state index is 13.3. The van der Waals surface area contributed by atoms with Crippen LogP contribution < -0.4 is 5.73 Å². The maximum Gasteiger partial charge on any atom is 0.128 e. The molecular weight excluding hydrogens is 220 g/mol. The van der Waals surface area contributed by atoms with E-state index in [-0.39, 0.29) is 18.4 Å². The highest BCUT2D eigenvalue weighted by Crippen LogP contribution is 2.36. The lowest BCUT2D eigenvalue weighted by atomic mass is 9.77. The molecule has 0 bridgehead atoms. The standard InChI is InChI=1S/C11H13F2N.ClH/c12-8-4-5-10(13)9(6-8)11(14)7-2-1-3-7;/h4-7,11H,1-3,14H2;1H/t11-;/m1./s1. The summed E-state index contributed by atoms with van der Waals surface area (Å²) < 4.78 is 26.2. The molecule has 1 nitrogen and oxygen atoms in total. The van der Waals surface area contributed by atoms with E-state index in [1.165, 1.54) is 6.07 Å². The zero-order valence-corrected chi connectivity index (χ0v) is 9.07. The molecule has 1 aliphatic rings. The molecule has 0 amide bonds. The number of hydrogen-bond acceptors (Lipinski definition) is 1. The van der Waals surface area contributed by atoms with E-state index in [1.54, 1.807) is 0 Å². The lowest BCUT2D eigenvalue weighted by Crippen LogP contribution is -2.27. The summed E-state index contributed by atoms with van der Waals surface area (Å²) in [6.07, 6.45) is 3.20. The van der Waals surface area contributed by atoms with Gasteiger partial charge in [-0.2, -0.15) is 0 Å². The lowest BCUT2D eigenvalue weighted by molar-refractivity contribution is 0.260. The fourth-order valence-corrected chi connectivity index (χ4v) is 1.82. The Balaban J connectivity index is 0.00000112. The van der Waals surface area contributed by atoms with E-state index in [9.17, 15) is 8.78 Å². The van der Waals surface area contributed by atoms with Crippen LogP contribution in [0.5, 0.6) is 0 Å². The van der Waals surface area contributed by atoms with Gasteiger partial charge in [-0.1, -0.05) is 6.42 Å². The molecule has 1 aromatic rings. The summed E-state index contributed by atoms with van der Waals surface area (Å²) in [6.45, 7) is 0. The molecule has 0 unspecified atom stereocenters. The van der Waals surface area contributed by atoms with Gasteiger partial charge in [-0.3, -0.25) is 0 Å². The molecular formula is C11H14ClF2N. The van der Waals surface area contributed by atoms with Crippen LogP contribution in [0.3, 0.4) is 0 Å². The van der Waals surface area contributed by atoms with Gasteiger partial charge in [-0.25, -0.2) is 8.78 Å². The first-order valence-corrected chi connectivity index (χ1v) is 4.89. The Hall–Kier alpha value is -0.670. The molecule has 15 heavy (non-hydrogen) atoms. The lowest BCUT2D eigenvalue weighted by Gasteiger charge is -2.31. The van der Waals surface area contributed by atoms with Crippen molar-refractivity contribution in [3.8, 4) is 0 Å². The van der Waals surface area contributed by atoms with E-state index in [1.807, 2.05) is 0 Å². The first-order chi connectivity index (χ1) is 6.68. The quantitative estimate of drug-likeness (QED) is 0.834. The zero-order chi connectivity index (χ0) is 10.1. The summed E-state index contributed by atoms with van der Waals surface area (Å²) in [5.41, 5.74) is 6.18. The van der Waals surface area contributed by atoms with Gasteiger partial charge in [0, 0.05) is 11.6 Å². The molecule has 0 heterocycles. The van der Waals surface area contributed by atoms with Crippen molar-refractivity contribution in [1.82, 2.24) is 0 Å². The van der Waals surface area contributed by atoms with Crippen LogP contribution in [0.4, 0.5) is 8.78 Å². The normalized spacial score (nSPS) is 17.8. The van der Waals surface area contributed by atoms with Crippen molar-refractivity contribution in [1.29, 1.82) is 0 Å². The summed E-state index contributed by atoms with van der Waals surface area (Å²) in [5, 5.41) is 0. The second-order valence-electron chi connectivity index (χ2n) is 3.88. The second kappa shape index (κ2) is 4.90. The van der Waals surface area contributed by atoms with Crippen LogP contribution in [0.15, 0.2) is 18.2 Å². The smallest absolute Gasteiger partial charge is 0.128 e. The molecule has 2 N–H and O–H groups in total. The van der Waals surface area contributed by atoms with Gasteiger partial charge in [0.2, 0.25) is 0 Å². The van der Waals surface area contributed by atoms with Crippen molar-refractivity contribution < 1.29 is 8.78 Å². The molecule has 0 spiro atoms. The highest BCUT2D eigenvalue weighted by Gasteiger charge is 2.27. The Morgan fingerprint density at radius 3 is 2.47 bits per heavy atom. The average molecular weight is 234 g/mol. The van der Waals surface area contributed by atoms with Gasteiger partial charge in [0.15, 0.2) is 0 Å². The van der Waals surface area contributed by atoms with Crippen LogP contribution in [0.1, 0.15) is 30.9 Å². The molecule has 1 saturated carbocycles. The molecule has 1 aromatic carbocycles. The van der Waals surface area contributed by atoms with Crippen LogP contribution in [-0.2, 0) is 0 Å². The molecule has 0 radical (unpaired) electrons. The van der Waals surface area contributed by atoms with E-state index >= 15 is 0 Å². The van der Waals surface area contributed by atoms with Gasteiger partial charge < -0.3 is 5.73 Å². The Bertz CT molecular complexity index is 339. The Morgan fingerprint density at radius 1 is 1.27 bits per heavy atom. The van der Waals surface area contributed by atoms with Gasteiger partial charge in [0.05, 0.1) is 0 Å². The van der Waals surface area contributed by atoms with Gasteiger partial charge in [0.25, 0.3) is 0 Å². The largest absolute Gasteiger partial charge is 0.324 e. The topological polar surface area (TPSA) is 26.0 Å². The van der Waals surface area contributed by atoms with Crippen LogP contribution >= 0.6 is 12.4 Å². The van der Waals surface area contributed by atoms with Crippen LogP contribution in [0, 0.1) is 17.6 Å². The van der Waals surface area contributed by atoms with Crippen LogP contribution in [-0.4, -0.2) is 0 Å². The minimum atomic E-state index is -0.420. The molecule has 1 aliphatic carbocycles. The van der Waals surface area contributed by atoms with Crippen molar-refractivity contribution in [3.05, 3.63) is 35.4 Å². The molecule has 4 heteroatoms. The Morgan fingerprint density at radius 2 is 1.93 bits per heavy atom. The number of benzene rings is 1. The summed E-state index contributed by atoms with van der Waals surface area (Å²) >= 11 is 0. The predicted octanol–water partition coefficient (Wildman–Crippen LogP) is 3.19. The third kappa shape index (κ3) is 2.47. The van der Waals surface area contributed by atoms with Crippen LogP contribution in [0.25, 0.3) is 0 Å². The second-order valence-corrected chi connectivity index (χ2v) is 3.88. The van der Waals surface area contributed by atoms with Crippen molar-refractivity contribution in [2.75, 3.05) is 0 Å². The van der Waals surface area contributed by atoms with Gasteiger partial charge in [-0.15, -0.1) is 12.4 Å². The molecule has 0 saturated heterocycles. The third-order valence-electron chi connectivity index (χ3n) is 2.97. The Kier molecular flexibility index (Phi) is 4.05. The molecule has 0 aliphatic heterocycles. The number of rotatable bonds is 2. The molecule has 0 aromatic heterocycles. The molecule has 1 fully saturated rings. The van der Waals surface area contributed by atoms with Crippen molar-refractivity contribution in [2.24, 2.45) is 11.7 Å². The monoisotopic (exact) mass is 233 g/mol. The summed E-state index contributed by atoms with van der Waals surface area (Å²) in [6, 6.07) is 3.12. The number of nitrogens with two attached hydrogens (primary N) is 1.